The first kappa shape index (κ1) is 16.0. The van der Waals surface area contributed by atoms with Crippen LogP contribution >= 0.6 is 0 Å². The van der Waals surface area contributed by atoms with Gasteiger partial charge in [0.1, 0.15) is 5.78 Å². The summed E-state index contributed by atoms with van der Waals surface area (Å²) >= 11 is 0. The average molecular weight is 284 g/mol. The minimum Gasteiger partial charge on any atom is -0.299 e. The van der Waals surface area contributed by atoms with E-state index in [-0.39, 0.29) is 10.8 Å². The zero-order chi connectivity index (χ0) is 15.7. The van der Waals surface area contributed by atoms with Gasteiger partial charge in [-0.25, -0.2) is 0 Å². The van der Waals surface area contributed by atoms with Crippen LogP contribution in [0.1, 0.15) is 46.0 Å². The van der Waals surface area contributed by atoms with Gasteiger partial charge in [0.25, 0.3) is 0 Å². The van der Waals surface area contributed by atoms with Crippen LogP contribution in [0.15, 0.2) is 49.6 Å². The Morgan fingerprint density at radius 1 is 1.33 bits per heavy atom. The molecule has 21 heavy (non-hydrogen) atoms. The molecule has 0 amide bonds. The maximum atomic E-state index is 12.9. The molecule has 1 fully saturated rings. The Kier molecular flexibility index (Phi) is 4.41. The standard InChI is InChI=1S/C20H28O/c1-6-10-17-19(5,11-7-2)18(21)14-16(15(3)4)20(17)12-8-9-13-20/h6-9,16-17H,1-3,10-14H2,4-5H3/t16-,17-,19+/m0/s1. The summed E-state index contributed by atoms with van der Waals surface area (Å²) in [5.74, 6) is 0.987. The number of hydrogen-bond donors (Lipinski definition) is 0. The van der Waals surface area contributed by atoms with Crippen LogP contribution in [-0.4, -0.2) is 5.78 Å². The SMILES string of the molecule is C=CC[C@@H]1C2(CC=CC2)[C@H](C(=C)C)CC(=O)[C@]1(C)CC=C. The van der Waals surface area contributed by atoms with Crippen molar-refractivity contribution in [2.24, 2.45) is 22.7 Å². The van der Waals surface area contributed by atoms with Crippen LogP contribution in [-0.2, 0) is 4.79 Å². The molecule has 3 atom stereocenters. The van der Waals surface area contributed by atoms with E-state index >= 15 is 0 Å². The van der Waals surface area contributed by atoms with Crippen molar-refractivity contribution in [1.82, 2.24) is 0 Å². The molecular weight excluding hydrogens is 256 g/mol. The molecule has 1 saturated carbocycles. The third-order valence-corrected chi connectivity index (χ3v) is 5.91. The molecule has 2 aliphatic carbocycles. The number of rotatable bonds is 5. The summed E-state index contributed by atoms with van der Waals surface area (Å²) in [6.07, 6.45) is 12.9. The molecule has 0 N–H and O–H groups in total. The number of ketones is 1. The fraction of sp³-hybridized carbons (Fsp3) is 0.550. The van der Waals surface area contributed by atoms with Gasteiger partial charge in [-0.05, 0) is 49.9 Å². The average Bonchev–Trinajstić information content (AvgIpc) is 2.90. The highest BCUT2D eigenvalue weighted by Crippen LogP contribution is 2.62. The molecule has 0 aromatic rings. The van der Waals surface area contributed by atoms with Crippen LogP contribution in [0.4, 0.5) is 0 Å². The second kappa shape index (κ2) is 5.79. The Morgan fingerprint density at radius 3 is 2.43 bits per heavy atom. The van der Waals surface area contributed by atoms with E-state index in [9.17, 15) is 4.79 Å². The van der Waals surface area contributed by atoms with Crippen LogP contribution in [0.5, 0.6) is 0 Å². The highest BCUT2D eigenvalue weighted by atomic mass is 16.1. The van der Waals surface area contributed by atoms with E-state index in [1.54, 1.807) is 0 Å². The summed E-state index contributed by atoms with van der Waals surface area (Å²) < 4.78 is 0. The van der Waals surface area contributed by atoms with Gasteiger partial charge in [-0.1, -0.05) is 43.4 Å². The van der Waals surface area contributed by atoms with E-state index in [1.165, 1.54) is 0 Å². The van der Waals surface area contributed by atoms with Crippen LogP contribution in [0.2, 0.25) is 0 Å². The van der Waals surface area contributed by atoms with Gasteiger partial charge in [-0.3, -0.25) is 4.79 Å². The number of carbonyl (C=O) groups is 1. The third-order valence-electron chi connectivity index (χ3n) is 5.91. The molecule has 0 bridgehead atoms. The molecule has 0 saturated heterocycles. The molecule has 1 heteroatoms. The van der Waals surface area contributed by atoms with Gasteiger partial charge < -0.3 is 0 Å². The topological polar surface area (TPSA) is 17.1 Å². The van der Waals surface area contributed by atoms with Crippen molar-refractivity contribution in [1.29, 1.82) is 0 Å². The van der Waals surface area contributed by atoms with Gasteiger partial charge in [0.05, 0.1) is 0 Å². The molecule has 2 aliphatic rings. The van der Waals surface area contributed by atoms with E-state index in [0.717, 1.165) is 31.3 Å². The summed E-state index contributed by atoms with van der Waals surface area (Å²) in [6, 6.07) is 0. The summed E-state index contributed by atoms with van der Waals surface area (Å²) in [5, 5.41) is 0. The third kappa shape index (κ3) is 2.37. The van der Waals surface area contributed by atoms with Crippen molar-refractivity contribution in [2.75, 3.05) is 0 Å². The molecule has 0 aromatic heterocycles. The van der Waals surface area contributed by atoms with E-state index in [0.29, 0.717) is 24.0 Å². The maximum absolute atomic E-state index is 12.9. The Labute approximate surface area is 129 Å². The normalized spacial score (nSPS) is 34.1. The number of Topliss-reactive ketones (excluding diaryl/α,β-unsaturated/α-hetero) is 1. The predicted octanol–water partition coefficient (Wildman–Crippen LogP) is 5.26. The molecule has 0 aliphatic heterocycles. The first-order valence-electron chi connectivity index (χ1n) is 7.98. The second-order valence-corrected chi connectivity index (χ2v) is 7.13. The smallest absolute Gasteiger partial charge is 0.139 e. The van der Waals surface area contributed by atoms with Crippen LogP contribution in [0.3, 0.4) is 0 Å². The maximum Gasteiger partial charge on any atom is 0.139 e. The van der Waals surface area contributed by atoms with Crippen molar-refractivity contribution < 1.29 is 4.79 Å². The first-order valence-corrected chi connectivity index (χ1v) is 7.98. The molecule has 2 rings (SSSR count). The fourth-order valence-electron chi connectivity index (χ4n) is 4.83. The van der Waals surface area contributed by atoms with Crippen molar-refractivity contribution in [3.05, 3.63) is 49.6 Å². The number of allylic oxidation sites excluding steroid dienone is 5. The van der Waals surface area contributed by atoms with Gasteiger partial charge >= 0.3 is 0 Å². The van der Waals surface area contributed by atoms with Gasteiger partial charge in [-0.15, -0.1) is 13.2 Å². The minimum absolute atomic E-state index is 0.145. The molecule has 0 radical (unpaired) electrons. The van der Waals surface area contributed by atoms with Gasteiger partial charge in [0, 0.05) is 11.8 Å². The second-order valence-electron chi connectivity index (χ2n) is 7.13. The van der Waals surface area contributed by atoms with Gasteiger partial charge in [0.15, 0.2) is 0 Å². The number of hydrogen-bond acceptors (Lipinski definition) is 1. The Bertz CT molecular complexity index is 488. The molecule has 114 valence electrons. The van der Waals surface area contributed by atoms with Crippen LogP contribution < -0.4 is 0 Å². The zero-order valence-corrected chi connectivity index (χ0v) is 13.5. The fourth-order valence-corrected chi connectivity index (χ4v) is 4.83. The van der Waals surface area contributed by atoms with Crippen LogP contribution in [0, 0.1) is 22.7 Å². The van der Waals surface area contributed by atoms with E-state index in [2.05, 4.69) is 45.7 Å². The quantitative estimate of drug-likeness (QED) is 0.629. The Morgan fingerprint density at radius 2 is 1.95 bits per heavy atom. The molecule has 1 spiro atoms. The van der Waals surface area contributed by atoms with Gasteiger partial charge in [0.2, 0.25) is 0 Å². The van der Waals surface area contributed by atoms with Crippen LogP contribution in [0.25, 0.3) is 0 Å². The van der Waals surface area contributed by atoms with Crippen molar-refractivity contribution >= 4 is 5.78 Å². The lowest BCUT2D eigenvalue weighted by Crippen LogP contribution is -2.54. The van der Waals surface area contributed by atoms with Crippen molar-refractivity contribution in [2.45, 2.75) is 46.0 Å². The van der Waals surface area contributed by atoms with E-state index in [1.807, 2.05) is 12.2 Å². The summed E-state index contributed by atoms with van der Waals surface area (Å²) in [6.45, 7) is 16.3. The summed E-state index contributed by atoms with van der Waals surface area (Å²) in [4.78, 5) is 12.9. The Hall–Kier alpha value is -1.37. The molecule has 1 nitrogen and oxygen atoms in total. The Balaban J connectivity index is 2.53. The van der Waals surface area contributed by atoms with E-state index < -0.39 is 0 Å². The molecular formula is C20H28O. The predicted molar refractivity (Wildman–Crippen MR) is 90.0 cm³/mol. The molecule has 0 aromatic carbocycles. The highest BCUT2D eigenvalue weighted by molar-refractivity contribution is 5.87. The first-order chi connectivity index (χ1) is 9.92. The summed E-state index contributed by atoms with van der Waals surface area (Å²) in [7, 11) is 0. The minimum atomic E-state index is -0.312. The molecule has 0 unspecified atom stereocenters. The lowest BCUT2D eigenvalue weighted by Gasteiger charge is -2.55. The van der Waals surface area contributed by atoms with Gasteiger partial charge in [-0.2, -0.15) is 0 Å². The summed E-state index contributed by atoms with van der Waals surface area (Å²) in [5.41, 5.74) is 0.987. The van der Waals surface area contributed by atoms with Crippen molar-refractivity contribution in [3.63, 3.8) is 0 Å². The lowest BCUT2D eigenvalue weighted by molar-refractivity contribution is -0.146. The van der Waals surface area contributed by atoms with E-state index in [4.69, 9.17) is 0 Å². The van der Waals surface area contributed by atoms with Crippen molar-refractivity contribution in [3.8, 4) is 0 Å². The lowest BCUT2D eigenvalue weighted by atomic mass is 9.47. The monoisotopic (exact) mass is 284 g/mol. The largest absolute Gasteiger partial charge is 0.299 e. The number of carbonyl (C=O) groups excluding carboxylic acids is 1. The molecule has 0 heterocycles. The zero-order valence-electron chi connectivity index (χ0n) is 13.5. The highest BCUT2D eigenvalue weighted by Gasteiger charge is 2.58.